The first-order valence-corrected chi connectivity index (χ1v) is 9.26. The summed E-state index contributed by atoms with van der Waals surface area (Å²) >= 11 is 0. The average molecular weight is 312 g/mol. The molecule has 1 unspecified atom stereocenters. The van der Waals surface area contributed by atoms with E-state index < -0.39 is 9.84 Å². The Hall–Kier alpha value is -1.14. The van der Waals surface area contributed by atoms with Gasteiger partial charge in [0.2, 0.25) is 0 Å². The van der Waals surface area contributed by atoms with Crippen LogP contribution in [0.5, 0.6) is 0 Å². The summed E-state index contributed by atoms with van der Waals surface area (Å²) in [4.78, 5) is 1.90. The normalized spacial score (nSPS) is 25.0. The molecule has 4 nitrogen and oxygen atoms in total. The quantitative estimate of drug-likeness (QED) is 0.919. The lowest BCUT2D eigenvalue weighted by Gasteiger charge is -2.36. The summed E-state index contributed by atoms with van der Waals surface area (Å²) in [6, 6.07) is 5.45. The summed E-state index contributed by atoms with van der Waals surface area (Å²) < 4.78 is 37.7. The van der Waals surface area contributed by atoms with Crippen LogP contribution in [-0.4, -0.2) is 38.6 Å². The van der Waals surface area contributed by atoms with Crippen LogP contribution in [0, 0.1) is 5.82 Å². The van der Waals surface area contributed by atoms with Crippen molar-refractivity contribution in [1.82, 2.24) is 5.32 Å². The number of nitrogens with zero attached hydrogens (tertiary/aromatic N) is 1. The van der Waals surface area contributed by atoms with Crippen molar-refractivity contribution in [2.45, 2.75) is 38.4 Å². The Balaban J connectivity index is 1.85. The molecular formula is C15H21FN2O2S. The van der Waals surface area contributed by atoms with Crippen LogP contribution in [0.1, 0.15) is 25.3 Å². The monoisotopic (exact) mass is 312 g/mol. The molecule has 0 amide bonds. The van der Waals surface area contributed by atoms with Crippen molar-refractivity contribution in [3.05, 3.63) is 29.6 Å². The first-order valence-electron chi connectivity index (χ1n) is 7.44. The number of para-hydroxylation sites is 1. The van der Waals surface area contributed by atoms with E-state index in [9.17, 15) is 12.8 Å². The van der Waals surface area contributed by atoms with E-state index in [-0.39, 0.29) is 23.4 Å². The van der Waals surface area contributed by atoms with E-state index in [1.54, 1.807) is 6.07 Å². The predicted molar refractivity (Wildman–Crippen MR) is 81.7 cm³/mol. The minimum absolute atomic E-state index is 0.0941. The number of hydrogen-bond donors (Lipinski definition) is 1. The molecule has 3 rings (SSSR count). The number of hydrogen-bond acceptors (Lipinski definition) is 4. The second-order valence-electron chi connectivity index (χ2n) is 6.06. The van der Waals surface area contributed by atoms with Crippen molar-refractivity contribution >= 4 is 15.5 Å². The summed E-state index contributed by atoms with van der Waals surface area (Å²) in [6.45, 7) is 2.84. The fourth-order valence-corrected chi connectivity index (χ4v) is 4.45. The fourth-order valence-electron chi connectivity index (χ4n) is 2.90. The Morgan fingerprint density at radius 3 is 2.81 bits per heavy atom. The largest absolute Gasteiger partial charge is 0.364 e. The highest BCUT2D eigenvalue weighted by atomic mass is 32.2. The van der Waals surface area contributed by atoms with Gasteiger partial charge in [0, 0.05) is 25.2 Å². The van der Waals surface area contributed by atoms with Gasteiger partial charge in [-0.2, -0.15) is 0 Å². The molecule has 1 aliphatic carbocycles. The first kappa shape index (κ1) is 14.8. The third kappa shape index (κ3) is 3.37. The lowest BCUT2D eigenvalue weighted by Crippen LogP contribution is -2.47. The van der Waals surface area contributed by atoms with Gasteiger partial charge in [-0.3, -0.25) is 0 Å². The highest BCUT2D eigenvalue weighted by Crippen LogP contribution is 2.29. The van der Waals surface area contributed by atoms with Crippen LogP contribution in [0.4, 0.5) is 10.1 Å². The van der Waals surface area contributed by atoms with Crippen LogP contribution in [0.3, 0.4) is 0 Å². The number of nitrogens with one attached hydrogen (secondary N) is 1. The zero-order valence-corrected chi connectivity index (χ0v) is 13.0. The molecule has 1 saturated heterocycles. The van der Waals surface area contributed by atoms with Gasteiger partial charge in [-0.05, 0) is 31.4 Å². The number of halogens is 1. The maximum Gasteiger partial charge on any atom is 0.154 e. The maximum atomic E-state index is 14.3. The van der Waals surface area contributed by atoms with Crippen LogP contribution in [0.15, 0.2) is 18.2 Å². The molecule has 0 bridgehead atoms. The minimum Gasteiger partial charge on any atom is -0.364 e. The van der Waals surface area contributed by atoms with Gasteiger partial charge in [0.1, 0.15) is 5.82 Å². The molecule has 1 aromatic carbocycles. The average Bonchev–Trinajstić information content (AvgIpc) is 3.21. The van der Waals surface area contributed by atoms with Gasteiger partial charge in [-0.1, -0.05) is 12.1 Å². The topological polar surface area (TPSA) is 49.4 Å². The lowest BCUT2D eigenvalue weighted by atomic mass is 10.1. The van der Waals surface area contributed by atoms with E-state index in [1.165, 1.54) is 18.9 Å². The van der Waals surface area contributed by atoms with Crippen molar-refractivity contribution in [1.29, 1.82) is 0 Å². The Kier molecular flexibility index (Phi) is 3.92. The van der Waals surface area contributed by atoms with Gasteiger partial charge >= 0.3 is 0 Å². The number of sulfone groups is 1. The van der Waals surface area contributed by atoms with E-state index in [4.69, 9.17) is 0 Å². The smallest absolute Gasteiger partial charge is 0.154 e. The third-order valence-corrected chi connectivity index (χ3v) is 5.98. The van der Waals surface area contributed by atoms with Crippen molar-refractivity contribution in [2.75, 3.05) is 23.0 Å². The summed E-state index contributed by atoms with van der Waals surface area (Å²) in [5, 5.41) is 3.40. The van der Waals surface area contributed by atoms with Crippen molar-refractivity contribution < 1.29 is 12.8 Å². The standard InChI is InChI=1S/C15H21FN2O2S/c1-11-10-21(19,20)8-7-18(11)15-12(3-2-4-14(15)16)9-17-13-5-6-13/h2-4,11,13,17H,5-10H2,1H3. The zero-order chi connectivity index (χ0) is 15.0. The van der Waals surface area contributed by atoms with E-state index in [0.717, 1.165) is 5.56 Å². The molecule has 1 saturated carbocycles. The molecule has 1 atom stereocenters. The van der Waals surface area contributed by atoms with Crippen LogP contribution in [0.25, 0.3) is 0 Å². The Morgan fingerprint density at radius 1 is 1.38 bits per heavy atom. The van der Waals surface area contributed by atoms with Crippen LogP contribution in [-0.2, 0) is 16.4 Å². The molecule has 2 aliphatic rings. The van der Waals surface area contributed by atoms with Gasteiger partial charge < -0.3 is 10.2 Å². The third-order valence-electron chi connectivity index (χ3n) is 4.19. The van der Waals surface area contributed by atoms with Crippen LogP contribution < -0.4 is 10.2 Å². The first-order chi connectivity index (χ1) is 9.96. The highest BCUT2D eigenvalue weighted by molar-refractivity contribution is 7.91. The molecule has 21 heavy (non-hydrogen) atoms. The van der Waals surface area contributed by atoms with Gasteiger partial charge in [-0.15, -0.1) is 0 Å². The SMILES string of the molecule is CC1CS(=O)(=O)CCN1c1c(F)cccc1CNC1CC1. The number of benzene rings is 1. The van der Waals surface area contributed by atoms with Gasteiger partial charge in [-0.25, -0.2) is 12.8 Å². The zero-order valence-electron chi connectivity index (χ0n) is 12.2. The van der Waals surface area contributed by atoms with Crippen molar-refractivity contribution in [3.63, 3.8) is 0 Å². The molecule has 2 fully saturated rings. The van der Waals surface area contributed by atoms with Crippen LogP contribution in [0.2, 0.25) is 0 Å². The summed E-state index contributed by atoms with van der Waals surface area (Å²) in [6.07, 6.45) is 2.37. The summed E-state index contributed by atoms with van der Waals surface area (Å²) in [5.74, 6) is -0.0749. The van der Waals surface area contributed by atoms with E-state index >= 15 is 0 Å². The minimum atomic E-state index is -2.99. The molecule has 1 aliphatic heterocycles. The summed E-state index contributed by atoms with van der Waals surface area (Å²) in [5.41, 5.74) is 1.47. The van der Waals surface area contributed by atoms with Gasteiger partial charge in [0.25, 0.3) is 0 Å². The molecule has 0 aromatic heterocycles. The molecule has 1 heterocycles. The molecule has 0 spiro atoms. The van der Waals surface area contributed by atoms with Gasteiger partial charge in [0.05, 0.1) is 17.2 Å². The molecule has 1 N–H and O–H groups in total. The molecule has 1 aromatic rings. The Morgan fingerprint density at radius 2 is 2.14 bits per heavy atom. The lowest BCUT2D eigenvalue weighted by molar-refractivity contribution is 0.556. The fraction of sp³-hybridized carbons (Fsp3) is 0.600. The maximum absolute atomic E-state index is 14.3. The summed E-state index contributed by atoms with van der Waals surface area (Å²) in [7, 11) is -2.99. The van der Waals surface area contributed by atoms with Gasteiger partial charge in [0.15, 0.2) is 9.84 Å². The van der Waals surface area contributed by atoms with E-state index in [0.29, 0.717) is 24.8 Å². The predicted octanol–water partition coefficient (Wildman–Crippen LogP) is 1.70. The van der Waals surface area contributed by atoms with E-state index in [1.807, 2.05) is 17.9 Å². The van der Waals surface area contributed by atoms with E-state index in [2.05, 4.69) is 5.32 Å². The van der Waals surface area contributed by atoms with Crippen molar-refractivity contribution in [2.24, 2.45) is 0 Å². The molecule has 116 valence electrons. The molecule has 0 radical (unpaired) electrons. The number of rotatable bonds is 4. The molecule has 6 heteroatoms. The number of anilines is 1. The van der Waals surface area contributed by atoms with Crippen LogP contribution >= 0.6 is 0 Å². The Bertz CT molecular complexity index is 629. The second-order valence-corrected chi connectivity index (χ2v) is 8.29. The van der Waals surface area contributed by atoms with Crippen molar-refractivity contribution in [3.8, 4) is 0 Å². The Labute approximate surface area is 125 Å². The second kappa shape index (κ2) is 5.57. The molecular weight excluding hydrogens is 291 g/mol. The highest BCUT2D eigenvalue weighted by Gasteiger charge is 2.31.